The van der Waals surface area contributed by atoms with Crippen molar-refractivity contribution in [3.05, 3.63) is 35.9 Å². The van der Waals surface area contributed by atoms with Crippen LogP contribution in [0.15, 0.2) is 30.3 Å². The Labute approximate surface area is 151 Å². The number of hydrogen-bond donors (Lipinski definition) is 0. The molecule has 0 saturated carbocycles. The highest BCUT2D eigenvalue weighted by Gasteiger charge is 2.43. The molecule has 0 radical (unpaired) electrons. The Bertz CT molecular complexity index is 584. The number of carbonyl (C=O) groups excluding carboxylic acids is 2. The summed E-state index contributed by atoms with van der Waals surface area (Å²) in [6, 6.07) is 9.56. The van der Waals surface area contributed by atoms with Crippen molar-refractivity contribution in [2.45, 2.75) is 73.5 Å². The number of esters is 2. The van der Waals surface area contributed by atoms with Crippen LogP contribution in [-0.4, -0.2) is 17.5 Å². The average molecular weight is 348 g/mol. The molecule has 0 saturated heterocycles. The zero-order chi connectivity index (χ0) is 19.3. The van der Waals surface area contributed by atoms with E-state index in [0.29, 0.717) is 12.8 Å². The summed E-state index contributed by atoms with van der Waals surface area (Å²) in [6.07, 6.45) is 0.969. The van der Waals surface area contributed by atoms with Crippen molar-refractivity contribution in [1.82, 2.24) is 0 Å². The minimum atomic E-state index is -0.781. The number of benzene rings is 1. The van der Waals surface area contributed by atoms with Crippen LogP contribution < -0.4 is 0 Å². The van der Waals surface area contributed by atoms with Gasteiger partial charge in [0.05, 0.1) is 10.8 Å². The molecule has 0 N–H and O–H groups in total. The van der Waals surface area contributed by atoms with Crippen LogP contribution in [0.2, 0.25) is 0 Å². The standard InChI is InChI=1S/C21H32O4/c1-8-21(7,18(23)25-19(2,3)4)15-20(5,6)17(22)24-14-16-12-10-9-11-13-16/h9-13H,8,14-15H2,1-7H3. The van der Waals surface area contributed by atoms with Crippen LogP contribution in [0.1, 0.15) is 66.9 Å². The Morgan fingerprint density at radius 2 is 1.48 bits per heavy atom. The van der Waals surface area contributed by atoms with Crippen LogP contribution >= 0.6 is 0 Å². The molecule has 4 heteroatoms. The molecule has 25 heavy (non-hydrogen) atoms. The molecule has 0 aromatic heterocycles. The third-order valence-electron chi connectivity index (χ3n) is 4.27. The minimum absolute atomic E-state index is 0.235. The second kappa shape index (κ2) is 8.03. The molecule has 1 atom stereocenters. The van der Waals surface area contributed by atoms with Gasteiger partial charge in [-0.3, -0.25) is 9.59 Å². The van der Waals surface area contributed by atoms with E-state index < -0.39 is 16.4 Å². The molecule has 0 aliphatic carbocycles. The summed E-state index contributed by atoms with van der Waals surface area (Å²) in [7, 11) is 0. The molecule has 0 aliphatic heterocycles. The van der Waals surface area contributed by atoms with Crippen LogP contribution in [0.4, 0.5) is 0 Å². The topological polar surface area (TPSA) is 52.6 Å². The molecule has 4 nitrogen and oxygen atoms in total. The van der Waals surface area contributed by atoms with Crippen LogP contribution in [-0.2, 0) is 25.7 Å². The Balaban J connectivity index is 2.78. The van der Waals surface area contributed by atoms with Gasteiger partial charge in [-0.05, 0) is 59.9 Å². The van der Waals surface area contributed by atoms with E-state index in [1.807, 2.05) is 78.8 Å². The molecule has 0 fully saturated rings. The highest BCUT2D eigenvalue weighted by molar-refractivity contribution is 5.80. The summed E-state index contributed by atoms with van der Waals surface area (Å²) in [6.45, 7) is 13.2. The van der Waals surface area contributed by atoms with Gasteiger partial charge in [-0.25, -0.2) is 0 Å². The summed E-state index contributed by atoms with van der Waals surface area (Å²) in [5.41, 5.74) is -1.12. The molecule has 1 unspecified atom stereocenters. The summed E-state index contributed by atoms with van der Waals surface area (Å²) in [5, 5.41) is 0. The van der Waals surface area contributed by atoms with Gasteiger partial charge in [0, 0.05) is 0 Å². The van der Waals surface area contributed by atoms with Crippen molar-refractivity contribution in [1.29, 1.82) is 0 Å². The number of ether oxygens (including phenoxy) is 2. The van der Waals surface area contributed by atoms with E-state index in [2.05, 4.69) is 0 Å². The predicted octanol–water partition coefficient (Wildman–Crippen LogP) is 4.90. The Kier molecular flexibility index (Phi) is 6.81. The fourth-order valence-corrected chi connectivity index (χ4v) is 2.71. The van der Waals surface area contributed by atoms with E-state index in [-0.39, 0.29) is 18.5 Å². The van der Waals surface area contributed by atoms with Crippen molar-refractivity contribution in [3.63, 3.8) is 0 Å². The fourth-order valence-electron chi connectivity index (χ4n) is 2.71. The lowest BCUT2D eigenvalue weighted by Crippen LogP contribution is -2.41. The molecule has 0 amide bonds. The first-order valence-electron chi connectivity index (χ1n) is 8.84. The Hall–Kier alpha value is -1.84. The van der Waals surface area contributed by atoms with Gasteiger partial charge in [0.25, 0.3) is 0 Å². The average Bonchev–Trinajstić information content (AvgIpc) is 2.51. The monoisotopic (exact) mass is 348 g/mol. The van der Waals surface area contributed by atoms with E-state index in [4.69, 9.17) is 9.47 Å². The van der Waals surface area contributed by atoms with Crippen molar-refractivity contribution >= 4 is 11.9 Å². The maximum absolute atomic E-state index is 12.6. The smallest absolute Gasteiger partial charge is 0.312 e. The van der Waals surface area contributed by atoms with Crippen molar-refractivity contribution in [2.75, 3.05) is 0 Å². The third kappa shape index (κ3) is 6.52. The summed E-state index contributed by atoms with van der Waals surface area (Å²) in [5.74, 6) is -0.578. The summed E-state index contributed by atoms with van der Waals surface area (Å²) >= 11 is 0. The maximum atomic E-state index is 12.6. The third-order valence-corrected chi connectivity index (χ3v) is 4.27. The van der Waals surface area contributed by atoms with Gasteiger partial charge in [0.15, 0.2) is 0 Å². The zero-order valence-electron chi connectivity index (χ0n) is 16.6. The highest BCUT2D eigenvalue weighted by atomic mass is 16.6. The highest BCUT2D eigenvalue weighted by Crippen LogP contribution is 2.39. The van der Waals surface area contributed by atoms with Crippen molar-refractivity contribution in [3.8, 4) is 0 Å². The minimum Gasteiger partial charge on any atom is -0.460 e. The van der Waals surface area contributed by atoms with E-state index in [1.165, 1.54) is 0 Å². The lowest BCUT2D eigenvalue weighted by Gasteiger charge is -2.35. The maximum Gasteiger partial charge on any atom is 0.312 e. The van der Waals surface area contributed by atoms with Crippen molar-refractivity contribution in [2.24, 2.45) is 10.8 Å². The molecule has 0 spiro atoms. The zero-order valence-corrected chi connectivity index (χ0v) is 16.6. The predicted molar refractivity (Wildman–Crippen MR) is 98.9 cm³/mol. The Morgan fingerprint density at radius 1 is 0.920 bits per heavy atom. The lowest BCUT2D eigenvalue weighted by molar-refractivity contribution is -0.171. The second-order valence-electron chi connectivity index (χ2n) is 8.54. The van der Waals surface area contributed by atoms with Gasteiger partial charge >= 0.3 is 11.9 Å². The van der Waals surface area contributed by atoms with E-state index in [0.717, 1.165) is 5.56 Å². The molecule has 1 aromatic carbocycles. The SMILES string of the molecule is CCC(C)(CC(C)(C)C(=O)OCc1ccccc1)C(=O)OC(C)(C)C. The largest absolute Gasteiger partial charge is 0.460 e. The number of rotatable bonds is 7. The lowest BCUT2D eigenvalue weighted by atomic mass is 9.72. The molecule has 1 aromatic rings. The summed E-state index contributed by atoms with van der Waals surface area (Å²) in [4.78, 5) is 25.2. The van der Waals surface area contributed by atoms with Gasteiger partial charge in [-0.15, -0.1) is 0 Å². The van der Waals surface area contributed by atoms with Crippen LogP contribution in [0.5, 0.6) is 0 Å². The number of hydrogen-bond acceptors (Lipinski definition) is 4. The molecule has 0 aliphatic rings. The first kappa shape index (κ1) is 21.2. The Morgan fingerprint density at radius 3 is 1.96 bits per heavy atom. The normalized spacial score (nSPS) is 14.5. The van der Waals surface area contributed by atoms with Gasteiger partial charge in [-0.2, -0.15) is 0 Å². The molecule has 1 rings (SSSR count). The van der Waals surface area contributed by atoms with Crippen molar-refractivity contribution < 1.29 is 19.1 Å². The van der Waals surface area contributed by atoms with Gasteiger partial charge in [-0.1, -0.05) is 37.3 Å². The van der Waals surface area contributed by atoms with E-state index >= 15 is 0 Å². The van der Waals surface area contributed by atoms with Gasteiger partial charge in [0.1, 0.15) is 12.2 Å². The molecule has 0 bridgehead atoms. The molecule has 140 valence electrons. The van der Waals surface area contributed by atoms with E-state index in [9.17, 15) is 9.59 Å². The van der Waals surface area contributed by atoms with Crippen LogP contribution in [0, 0.1) is 10.8 Å². The first-order valence-corrected chi connectivity index (χ1v) is 8.84. The molecular weight excluding hydrogens is 316 g/mol. The quantitative estimate of drug-likeness (QED) is 0.657. The fraction of sp³-hybridized carbons (Fsp3) is 0.619. The molecular formula is C21H32O4. The van der Waals surface area contributed by atoms with Crippen LogP contribution in [0.25, 0.3) is 0 Å². The van der Waals surface area contributed by atoms with Crippen LogP contribution in [0.3, 0.4) is 0 Å². The first-order chi connectivity index (χ1) is 11.4. The van der Waals surface area contributed by atoms with Gasteiger partial charge < -0.3 is 9.47 Å². The number of carbonyl (C=O) groups is 2. The summed E-state index contributed by atoms with van der Waals surface area (Å²) < 4.78 is 11.0. The molecule has 0 heterocycles. The van der Waals surface area contributed by atoms with E-state index in [1.54, 1.807) is 0 Å². The van der Waals surface area contributed by atoms with Gasteiger partial charge in [0.2, 0.25) is 0 Å². The second-order valence-corrected chi connectivity index (χ2v) is 8.54.